The van der Waals surface area contributed by atoms with E-state index in [0.717, 1.165) is 26.8 Å². The van der Waals surface area contributed by atoms with Crippen LogP contribution in [0.15, 0.2) is 47.4 Å². The lowest BCUT2D eigenvalue weighted by atomic mass is 10.2. The predicted octanol–water partition coefficient (Wildman–Crippen LogP) is 3.12. The van der Waals surface area contributed by atoms with Crippen LogP contribution in [0.25, 0.3) is 10.2 Å². The maximum atomic E-state index is 13.2. The van der Waals surface area contributed by atoms with Gasteiger partial charge in [0.1, 0.15) is 0 Å². The molecule has 26 heavy (non-hydrogen) atoms. The number of thiazole rings is 1. The number of quaternary nitrogens is 1. The summed E-state index contributed by atoms with van der Waals surface area (Å²) in [7, 11) is 4.19. The van der Waals surface area contributed by atoms with Gasteiger partial charge in [-0.1, -0.05) is 23.5 Å². The minimum Gasteiger partial charge on any atom is -0.338 e. The van der Waals surface area contributed by atoms with E-state index in [2.05, 4.69) is 33.2 Å². The quantitative estimate of drug-likeness (QED) is 0.662. The summed E-state index contributed by atoms with van der Waals surface area (Å²) in [6.07, 6.45) is 2.02. The normalized spacial score (nSPS) is 11.3. The molecule has 3 rings (SSSR count). The lowest BCUT2D eigenvalue weighted by Gasteiger charge is -2.21. The largest absolute Gasteiger partial charge is 0.338 e. The SMILES string of the molecule is CSc1cccc(C(=O)N(CC[NH+](C)C)c2nc3ccc(C)cc3s2)c1. The van der Waals surface area contributed by atoms with Crippen molar-refractivity contribution in [3.05, 3.63) is 53.6 Å². The van der Waals surface area contributed by atoms with Gasteiger partial charge in [0.15, 0.2) is 5.13 Å². The summed E-state index contributed by atoms with van der Waals surface area (Å²) in [4.78, 5) is 22.2. The Morgan fingerprint density at radius 3 is 2.77 bits per heavy atom. The molecule has 0 spiro atoms. The Kier molecular flexibility index (Phi) is 5.96. The number of likely N-dealkylation sites (N-methyl/N-ethyl adjacent to an activating group) is 1. The molecule has 0 fully saturated rings. The average molecular weight is 387 g/mol. The van der Waals surface area contributed by atoms with Gasteiger partial charge in [0.2, 0.25) is 0 Å². The number of nitrogens with one attached hydrogen (secondary N) is 1. The zero-order valence-corrected chi connectivity index (χ0v) is 17.2. The van der Waals surface area contributed by atoms with Gasteiger partial charge in [-0.15, -0.1) is 11.8 Å². The summed E-state index contributed by atoms with van der Waals surface area (Å²) in [6, 6.07) is 14.0. The Balaban J connectivity index is 1.98. The third kappa shape index (κ3) is 4.26. The van der Waals surface area contributed by atoms with E-state index in [-0.39, 0.29) is 5.91 Å². The molecule has 0 unspecified atom stereocenters. The van der Waals surface area contributed by atoms with E-state index in [4.69, 9.17) is 4.98 Å². The molecule has 0 atom stereocenters. The molecule has 6 heteroatoms. The number of nitrogens with zero attached hydrogens (tertiary/aromatic N) is 2. The second-order valence-electron chi connectivity index (χ2n) is 6.61. The first-order chi connectivity index (χ1) is 12.5. The third-order valence-electron chi connectivity index (χ3n) is 4.16. The summed E-state index contributed by atoms with van der Waals surface area (Å²) >= 11 is 3.23. The molecule has 1 N–H and O–H groups in total. The molecule has 1 amide bonds. The minimum atomic E-state index is 0.0120. The number of amides is 1. The number of benzene rings is 2. The molecular formula is C20H24N3OS2+. The van der Waals surface area contributed by atoms with Crippen LogP contribution >= 0.6 is 23.1 Å². The molecule has 3 aromatic rings. The number of anilines is 1. The van der Waals surface area contributed by atoms with E-state index in [0.29, 0.717) is 12.1 Å². The minimum absolute atomic E-state index is 0.0120. The number of carbonyl (C=O) groups excluding carboxylic acids is 1. The summed E-state index contributed by atoms with van der Waals surface area (Å²) in [5.41, 5.74) is 2.86. The van der Waals surface area contributed by atoms with Crippen LogP contribution in [0.3, 0.4) is 0 Å². The Morgan fingerprint density at radius 1 is 1.23 bits per heavy atom. The molecule has 1 aromatic heterocycles. The highest BCUT2D eigenvalue weighted by atomic mass is 32.2. The Morgan fingerprint density at radius 2 is 2.04 bits per heavy atom. The molecule has 1 heterocycles. The van der Waals surface area contributed by atoms with Crippen molar-refractivity contribution in [2.45, 2.75) is 11.8 Å². The fourth-order valence-electron chi connectivity index (χ4n) is 2.67. The lowest BCUT2D eigenvalue weighted by molar-refractivity contribution is -0.856. The van der Waals surface area contributed by atoms with Crippen molar-refractivity contribution >= 4 is 44.4 Å². The highest BCUT2D eigenvalue weighted by Gasteiger charge is 2.22. The second-order valence-corrected chi connectivity index (χ2v) is 8.50. The highest BCUT2D eigenvalue weighted by Crippen LogP contribution is 2.30. The van der Waals surface area contributed by atoms with Crippen molar-refractivity contribution in [1.29, 1.82) is 0 Å². The maximum Gasteiger partial charge on any atom is 0.260 e. The fourth-order valence-corrected chi connectivity index (χ4v) is 4.21. The van der Waals surface area contributed by atoms with Gasteiger partial charge in [0.25, 0.3) is 5.91 Å². The number of thioether (sulfide) groups is 1. The average Bonchev–Trinajstić information content (AvgIpc) is 3.04. The smallest absolute Gasteiger partial charge is 0.260 e. The molecular weight excluding hydrogens is 362 g/mol. The lowest BCUT2D eigenvalue weighted by Crippen LogP contribution is -3.06. The standard InChI is InChI=1S/C20H23N3OS2/c1-14-8-9-17-18(12-14)26-20(21-17)23(11-10-22(2)3)19(24)15-6-5-7-16(13-15)25-4/h5-9,12-13H,10-11H2,1-4H3/p+1. The maximum absolute atomic E-state index is 13.2. The van der Waals surface area contributed by atoms with E-state index >= 15 is 0 Å². The van der Waals surface area contributed by atoms with Gasteiger partial charge >= 0.3 is 0 Å². The summed E-state index contributed by atoms with van der Waals surface area (Å²) in [6.45, 7) is 3.58. The van der Waals surface area contributed by atoms with Gasteiger partial charge < -0.3 is 4.90 Å². The topological polar surface area (TPSA) is 37.6 Å². The number of aromatic nitrogens is 1. The van der Waals surface area contributed by atoms with Crippen LogP contribution in [0.2, 0.25) is 0 Å². The zero-order valence-electron chi connectivity index (χ0n) is 15.6. The van der Waals surface area contributed by atoms with E-state index in [9.17, 15) is 4.79 Å². The van der Waals surface area contributed by atoms with Crippen molar-refractivity contribution < 1.29 is 9.69 Å². The molecule has 0 aliphatic heterocycles. The highest BCUT2D eigenvalue weighted by molar-refractivity contribution is 7.98. The van der Waals surface area contributed by atoms with Gasteiger partial charge in [0, 0.05) is 10.5 Å². The van der Waals surface area contributed by atoms with Crippen LogP contribution < -0.4 is 9.80 Å². The van der Waals surface area contributed by atoms with E-state index in [1.807, 2.05) is 41.5 Å². The van der Waals surface area contributed by atoms with Crippen LogP contribution in [0.1, 0.15) is 15.9 Å². The second kappa shape index (κ2) is 8.20. The number of fused-ring (bicyclic) bond motifs is 1. The van der Waals surface area contributed by atoms with Crippen LogP contribution in [0, 0.1) is 6.92 Å². The van der Waals surface area contributed by atoms with Gasteiger partial charge in [-0.05, 0) is 49.1 Å². The van der Waals surface area contributed by atoms with Crippen LogP contribution in [-0.2, 0) is 0 Å². The number of hydrogen-bond acceptors (Lipinski definition) is 4. The predicted molar refractivity (Wildman–Crippen MR) is 112 cm³/mol. The van der Waals surface area contributed by atoms with Crippen molar-refractivity contribution in [2.24, 2.45) is 0 Å². The molecule has 2 aromatic carbocycles. The van der Waals surface area contributed by atoms with E-state index in [1.54, 1.807) is 23.1 Å². The first kappa shape index (κ1) is 18.9. The first-order valence-corrected chi connectivity index (χ1v) is 10.6. The molecule has 0 saturated carbocycles. The molecule has 4 nitrogen and oxygen atoms in total. The molecule has 0 saturated heterocycles. The van der Waals surface area contributed by atoms with Gasteiger partial charge in [-0.25, -0.2) is 4.98 Å². The molecule has 0 bridgehead atoms. The number of hydrogen-bond donors (Lipinski definition) is 1. The van der Waals surface area contributed by atoms with Crippen LogP contribution in [0.4, 0.5) is 5.13 Å². The molecule has 0 aliphatic carbocycles. The fraction of sp³-hybridized carbons (Fsp3) is 0.300. The Labute approximate surface area is 162 Å². The summed E-state index contributed by atoms with van der Waals surface area (Å²) < 4.78 is 1.12. The number of rotatable bonds is 6. The Hall–Kier alpha value is -1.89. The van der Waals surface area contributed by atoms with Crippen molar-refractivity contribution in [2.75, 3.05) is 38.3 Å². The van der Waals surface area contributed by atoms with Gasteiger partial charge in [-0.2, -0.15) is 0 Å². The van der Waals surface area contributed by atoms with E-state index in [1.165, 1.54) is 10.5 Å². The van der Waals surface area contributed by atoms with Crippen molar-refractivity contribution in [3.8, 4) is 0 Å². The molecule has 136 valence electrons. The van der Waals surface area contributed by atoms with Crippen molar-refractivity contribution in [1.82, 2.24) is 4.98 Å². The van der Waals surface area contributed by atoms with Crippen LogP contribution in [-0.4, -0.2) is 44.3 Å². The van der Waals surface area contributed by atoms with E-state index < -0.39 is 0 Å². The first-order valence-electron chi connectivity index (χ1n) is 8.60. The van der Waals surface area contributed by atoms with Crippen LogP contribution in [0.5, 0.6) is 0 Å². The molecule has 0 aliphatic rings. The molecule has 0 radical (unpaired) electrons. The summed E-state index contributed by atoms with van der Waals surface area (Å²) in [5, 5.41) is 0.770. The zero-order chi connectivity index (χ0) is 18.7. The Bertz CT molecular complexity index is 920. The summed E-state index contributed by atoms with van der Waals surface area (Å²) in [5.74, 6) is 0.0120. The number of aryl methyl sites for hydroxylation is 1. The number of carbonyl (C=O) groups is 1. The van der Waals surface area contributed by atoms with Gasteiger partial charge in [0.05, 0.1) is 37.4 Å². The third-order valence-corrected chi connectivity index (χ3v) is 5.93. The van der Waals surface area contributed by atoms with Gasteiger partial charge in [-0.3, -0.25) is 9.69 Å². The van der Waals surface area contributed by atoms with Crippen molar-refractivity contribution in [3.63, 3.8) is 0 Å². The monoisotopic (exact) mass is 386 g/mol.